The van der Waals surface area contributed by atoms with E-state index in [4.69, 9.17) is 33.4 Å². The lowest BCUT2D eigenvalue weighted by molar-refractivity contribution is -0.146. The summed E-state index contributed by atoms with van der Waals surface area (Å²) in [4.78, 5) is 10.3. The van der Waals surface area contributed by atoms with Gasteiger partial charge >= 0.3 is 5.97 Å². The molecule has 0 amide bonds. The minimum Gasteiger partial charge on any atom is -0.479 e. The van der Waals surface area contributed by atoms with E-state index >= 15 is 0 Å². The zero-order valence-electron chi connectivity index (χ0n) is 11.5. The van der Waals surface area contributed by atoms with Crippen LogP contribution in [0.25, 0.3) is 0 Å². The fourth-order valence-corrected chi connectivity index (χ4v) is 1.76. The van der Waals surface area contributed by atoms with Gasteiger partial charge < -0.3 is 10.2 Å². The molecule has 2 aromatic carbocycles. The number of benzene rings is 2. The zero-order valence-corrected chi connectivity index (χ0v) is 13.0. The molecule has 2 rings (SSSR count). The summed E-state index contributed by atoms with van der Waals surface area (Å²) in [6.45, 7) is 2.13. The van der Waals surface area contributed by atoms with Crippen molar-refractivity contribution in [3.05, 3.63) is 69.7 Å². The maximum absolute atomic E-state index is 10.3. The van der Waals surface area contributed by atoms with Gasteiger partial charge in [-0.3, -0.25) is 0 Å². The van der Waals surface area contributed by atoms with Crippen LogP contribution in [-0.2, 0) is 11.2 Å². The number of carboxylic acids is 1. The van der Waals surface area contributed by atoms with E-state index < -0.39 is 12.1 Å². The van der Waals surface area contributed by atoms with E-state index in [0.29, 0.717) is 10.6 Å². The molecule has 0 fully saturated rings. The lowest BCUT2D eigenvalue weighted by atomic mass is 10.1. The number of rotatable bonds is 3. The topological polar surface area (TPSA) is 57.5 Å². The van der Waals surface area contributed by atoms with Crippen LogP contribution in [-0.4, -0.2) is 16.2 Å². The molecule has 0 spiro atoms. The van der Waals surface area contributed by atoms with Crippen LogP contribution >= 0.6 is 23.2 Å². The van der Waals surface area contributed by atoms with Crippen molar-refractivity contribution in [2.45, 2.75) is 19.4 Å². The maximum atomic E-state index is 10.3. The number of aliphatic carboxylic acids is 1. The van der Waals surface area contributed by atoms with E-state index in [1.54, 1.807) is 0 Å². The molecule has 112 valence electrons. The largest absolute Gasteiger partial charge is 0.479 e. The molecule has 0 aliphatic rings. The van der Waals surface area contributed by atoms with Gasteiger partial charge in [-0.1, -0.05) is 54.4 Å². The fourth-order valence-electron chi connectivity index (χ4n) is 1.51. The molecule has 5 heteroatoms. The normalized spacial score (nSPS) is 11.2. The van der Waals surface area contributed by atoms with Crippen molar-refractivity contribution < 1.29 is 15.0 Å². The Bertz CT molecular complexity index is 565. The van der Waals surface area contributed by atoms with Crippen molar-refractivity contribution in [2.24, 2.45) is 0 Å². The highest BCUT2D eigenvalue weighted by Crippen LogP contribution is 2.16. The molecule has 2 N–H and O–H groups in total. The predicted octanol–water partition coefficient (Wildman–Crippen LogP) is 4.36. The summed E-state index contributed by atoms with van der Waals surface area (Å²) in [7, 11) is 0. The molecule has 0 radical (unpaired) electrons. The number of aliphatic hydroxyl groups is 1. The molecule has 1 atom stereocenters. The average Bonchev–Trinajstić information content (AvgIpc) is 2.49. The molecule has 0 bridgehead atoms. The second kappa shape index (κ2) is 8.67. The first-order chi connectivity index (χ1) is 9.93. The molecule has 0 aliphatic carbocycles. The minimum absolute atomic E-state index is 0.326. The van der Waals surface area contributed by atoms with Crippen LogP contribution in [0.3, 0.4) is 0 Å². The smallest absolute Gasteiger partial charge is 0.337 e. The van der Waals surface area contributed by atoms with Crippen LogP contribution in [0.5, 0.6) is 0 Å². The van der Waals surface area contributed by atoms with Gasteiger partial charge in [-0.15, -0.1) is 0 Å². The summed E-state index contributed by atoms with van der Waals surface area (Å²) in [5.41, 5.74) is 1.66. The van der Waals surface area contributed by atoms with Crippen molar-refractivity contribution in [3.8, 4) is 0 Å². The Morgan fingerprint density at radius 1 is 1.00 bits per heavy atom. The van der Waals surface area contributed by atoms with Crippen LogP contribution in [0, 0.1) is 0 Å². The van der Waals surface area contributed by atoms with Gasteiger partial charge in [0.25, 0.3) is 0 Å². The number of carbonyl (C=O) groups is 1. The second-order valence-corrected chi connectivity index (χ2v) is 5.15. The van der Waals surface area contributed by atoms with Crippen molar-refractivity contribution in [3.63, 3.8) is 0 Å². The van der Waals surface area contributed by atoms with Crippen molar-refractivity contribution in [1.82, 2.24) is 0 Å². The average molecular weight is 327 g/mol. The number of hydrogen-bond acceptors (Lipinski definition) is 2. The Hall–Kier alpha value is -1.55. The van der Waals surface area contributed by atoms with E-state index in [0.717, 1.165) is 11.4 Å². The van der Waals surface area contributed by atoms with Crippen LogP contribution in [0.1, 0.15) is 24.2 Å². The summed E-state index contributed by atoms with van der Waals surface area (Å²) in [5, 5.41) is 18.8. The van der Waals surface area contributed by atoms with Gasteiger partial charge in [-0.2, -0.15) is 0 Å². The zero-order chi connectivity index (χ0) is 15.8. The Kier molecular flexibility index (Phi) is 7.23. The Morgan fingerprint density at radius 2 is 1.43 bits per heavy atom. The number of halogens is 2. The fraction of sp³-hybridized carbons (Fsp3) is 0.188. The van der Waals surface area contributed by atoms with Crippen LogP contribution in [0.4, 0.5) is 0 Å². The lowest BCUT2D eigenvalue weighted by Crippen LogP contribution is -2.09. The van der Waals surface area contributed by atoms with Gasteiger partial charge in [0.15, 0.2) is 6.10 Å². The highest BCUT2D eigenvalue weighted by molar-refractivity contribution is 6.30. The third kappa shape index (κ3) is 6.17. The van der Waals surface area contributed by atoms with Gasteiger partial charge in [0, 0.05) is 10.0 Å². The molecule has 21 heavy (non-hydrogen) atoms. The second-order valence-electron chi connectivity index (χ2n) is 4.27. The lowest BCUT2D eigenvalue weighted by Gasteiger charge is -2.04. The van der Waals surface area contributed by atoms with E-state index in [-0.39, 0.29) is 0 Å². The molecule has 0 saturated carbocycles. The first kappa shape index (κ1) is 17.5. The van der Waals surface area contributed by atoms with Gasteiger partial charge in [0.2, 0.25) is 0 Å². The van der Waals surface area contributed by atoms with Crippen molar-refractivity contribution in [2.75, 3.05) is 0 Å². The summed E-state index contributed by atoms with van der Waals surface area (Å²) >= 11 is 11.2. The molecule has 0 aromatic heterocycles. The molecule has 0 aliphatic heterocycles. The molecular formula is C16H16Cl2O3. The number of aryl methyl sites for hydroxylation is 1. The summed E-state index contributed by atoms with van der Waals surface area (Å²) in [5.74, 6) is -1.27. The summed E-state index contributed by atoms with van der Waals surface area (Å²) < 4.78 is 0. The number of carboxylic acid groups (broad SMARTS) is 1. The maximum Gasteiger partial charge on any atom is 0.337 e. The van der Waals surface area contributed by atoms with Crippen LogP contribution in [0.2, 0.25) is 10.0 Å². The highest BCUT2D eigenvalue weighted by Gasteiger charge is 2.14. The van der Waals surface area contributed by atoms with Gasteiger partial charge in [-0.05, 0) is 41.8 Å². The van der Waals surface area contributed by atoms with E-state index in [1.807, 2.05) is 24.3 Å². The van der Waals surface area contributed by atoms with Crippen molar-refractivity contribution >= 4 is 29.2 Å². The molecule has 1 unspecified atom stereocenters. The molecule has 0 heterocycles. The molecule has 0 saturated heterocycles. The number of hydrogen-bond donors (Lipinski definition) is 2. The van der Waals surface area contributed by atoms with Gasteiger partial charge in [0.1, 0.15) is 0 Å². The standard InChI is InChI=1S/C8H7ClO3.C8H9Cl/c9-6-3-1-5(2-4-6)7(10)8(11)12;1-2-7-3-5-8(9)6-4-7/h1-4,7,10H,(H,11,12);3-6H,2H2,1H3. The summed E-state index contributed by atoms with van der Waals surface area (Å²) in [6, 6.07) is 13.9. The summed E-state index contributed by atoms with van der Waals surface area (Å²) in [6.07, 6.45) is -0.390. The SMILES string of the molecule is CCc1ccc(Cl)cc1.O=C(O)C(O)c1ccc(Cl)cc1. The Balaban J connectivity index is 0.000000219. The molecule has 3 nitrogen and oxygen atoms in total. The highest BCUT2D eigenvalue weighted by atomic mass is 35.5. The van der Waals surface area contributed by atoms with Gasteiger partial charge in [0.05, 0.1) is 0 Å². The Labute approximate surface area is 133 Å². The minimum atomic E-state index is -1.47. The van der Waals surface area contributed by atoms with Crippen LogP contribution < -0.4 is 0 Å². The molecule has 2 aromatic rings. The van der Waals surface area contributed by atoms with Crippen LogP contribution in [0.15, 0.2) is 48.5 Å². The first-order valence-electron chi connectivity index (χ1n) is 6.34. The Morgan fingerprint density at radius 3 is 1.81 bits per heavy atom. The first-order valence-corrected chi connectivity index (χ1v) is 7.10. The quantitative estimate of drug-likeness (QED) is 0.880. The monoisotopic (exact) mass is 326 g/mol. The predicted molar refractivity (Wildman–Crippen MR) is 84.9 cm³/mol. The number of aliphatic hydroxyl groups excluding tert-OH is 1. The van der Waals surface area contributed by atoms with E-state index in [1.165, 1.54) is 29.8 Å². The van der Waals surface area contributed by atoms with E-state index in [9.17, 15) is 4.79 Å². The van der Waals surface area contributed by atoms with Crippen molar-refractivity contribution in [1.29, 1.82) is 0 Å². The third-order valence-electron chi connectivity index (χ3n) is 2.74. The molecular weight excluding hydrogens is 311 g/mol. The van der Waals surface area contributed by atoms with Gasteiger partial charge in [-0.25, -0.2) is 4.79 Å². The van der Waals surface area contributed by atoms with E-state index in [2.05, 4.69) is 6.92 Å². The third-order valence-corrected chi connectivity index (χ3v) is 3.25.